The van der Waals surface area contributed by atoms with E-state index in [1.54, 1.807) is 0 Å². The highest BCUT2D eigenvalue weighted by Gasteiger charge is 2.32. The number of rotatable bonds is 6. The molecule has 1 aliphatic heterocycles. The minimum absolute atomic E-state index is 0.0690. The second kappa shape index (κ2) is 9.63. The lowest BCUT2D eigenvalue weighted by molar-refractivity contribution is 0.310. The molecule has 8 heteroatoms. The molecule has 2 aliphatic rings. The minimum Gasteiger partial charge on any atom is -0.208 e. The van der Waals surface area contributed by atoms with E-state index in [-0.39, 0.29) is 21.8 Å². The van der Waals surface area contributed by atoms with Gasteiger partial charge in [0, 0.05) is 19.1 Å². The fraction of sp³-hybridized carbons (Fsp3) is 0.500. The third-order valence-corrected chi connectivity index (χ3v) is 10.2. The topological polar surface area (TPSA) is 83.5 Å². The van der Waals surface area contributed by atoms with E-state index in [1.165, 1.54) is 28.6 Å². The number of hydrogen-bond acceptors (Lipinski definition) is 4. The van der Waals surface area contributed by atoms with Gasteiger partial charge in [-0.05, 0) is 67.3 Å². The normalized spacial score (nSPS) is 25.5. The van der Waals surface area contributed by atoms with Crippen molar-refractivity contribution in [2.45, 2.75) is 67.2 Å². The van der Waals surface area contributed by atoms with Crippen LogP contribution in [0, 0.1) is 5.92 Å². The van der Waals surface area contributed by atoms with Crippen molar-refractivity contribution >= 4 is 20.0 Å². The van der Waals surface area contributed by atoms with Gasteiger partial charge >= 0.3 is 0 Å². The molecule has 4 rings (SSSR count). The van der Waals surface area contributed by atoms with Crippen molar-refractivity contribution in [3.05, 3.63) is 60.2 Å². The van der Waals surface area contributed by atoms with E-state index in [0.29, 0.717) is 19.0 Å². The van der Waals surface area contributed by atoms with E-state index in [9.17, 15) is 16.8 Å². The molecule has 1 N–H and O–H groups in total. The molecular weight excluding hydrogens is 444 g/mol. The zero-order valence-electron chi connectivity index (χ0n) is 18.5. The summed E-state index contributed by atoms with van der Waals surface area (Å²) in [6.45, 7) is 2.99. The van der Waals surface area contributed by atoms with Gasteiger partial charge in [-0.3, -0.25) is 0 Å². The third-order valence-electron chi connectivity index (χ3n) is 6.84. The molecular formula is C24H32N2O4S2. The molecule has 0 unspecified atom stereocenters. The van der Waals surface area contributed by atoms with Gasteiger partial charge in [0.05, 0.1) is 9.79 Å². The van der Waals surface area contributed by atoms with E-state index in [2.05, 4.69) is 11.6 Å². The molecule has 2 fully saturated rings. The lowest BCUT2D eigenvalue weighted by Gasteiger charge is -2.32. The van der Waals surface area contributed by atoms with Crippen molar-refractivity contribution in [3.8, 4) is 0 Å². The predicted octanol–water partition coefficient (Wildman–Crippen LogP) is 4.11. The van der Waals surface area contributed by atoms with Gasteiger partial charge in [-0.25, -0.2) is 21.6 Å². The van der Waals surface area contributed by atoms with Gasteiger partial charge in [-0.1, -0.05) is 50.1 Å². The van der Waals surface area contributed by atoms with Crippen LogP contribution in [-0.2, 0) is 20.0 Å². The first-order chi connectivity index (χ1) is 15.3. The molecule has 1 saturated heterocycles. The lowest BCUT2D eigenvalue weighted by Crippen LogP contribution is -2.41. The van der Waals surface area contributed by atoms with E-state index < -0.39 is 20.0 Å². The Labute approximate surface area is 192 Å². The number of benzene rings is 2. The molecule has 0 aromatic heterocycles. The summed E-state index contributed by atoms with van der Waals surface area (Å²) in [5.74, 6) is 0.468. The molecule has 1 saturated carbocycles. The summed E-state index contributed by atoms with van der Waals surface area (Å²) in [6, 6.07) is 15.6. The molecule has 0 bridgehead atoms. The average molecular weight is 477 g/mol. The Hall–Kier alpha value is -1.74. The fourth-order valence-corrected chi connectivity index (χ4v) is 7.76. The van der Waals surface area contributed by atoms with Crippen LogP contribution in [0.4, 0.5) is 0 Å². The summed E-state index contributed by atoms with van der Waals surface area (Å²) in [7, 11) is -7.37. The summed E-state index contributed by atoms with van der Waals surface area (Å²) in [4.78, 5) is 0.242. The molecule has 0 spiro atoms. The lowest BCUT2D eigenvalue weighted by atomic mass is 9.87. The van der Waals surface area contributed by atoms with Gasteiger partial charge in [0.1, 0.15) is 0 Å². The van der Waals surface area contributed by atoms with Gasteiger partial charge in [0.25, 0.3) is 0 Å². The minimum atomic E-state index is -3.68. The van der Waals surface area contributed by atoms with Crippen LogP contribution < -0.4 is 4.72 Å². The zero-order chi connectivity index (χ0) is 22.8. The molecule has 174 valence electrons. The number of nitrogens with zero attached hydrogens (tertiary/aromatic N) is 1. The Morgan fingerprint density at radius 1 is 0.812 bits per heavy atom. The first-order valence-corrected chi connectivity index (χ1v) is 14.4. The fourth-order valence-electron chi connectivity index (χ4n) is 4.86. The van der Waals surface area contributed by atoms with Crippen LogP contribution in [0.3, 0.4) is 0 Å². The summed E-state index contributed by atoms with van der Waals surface area (Å²) in [5.41, 5.74) is 1.15. The predicted molar refractivity (Wildman–Crippen MR) is 125 cm³/mol. The van der Waals surface area contributed by atoms with Gasteiger partial charge < -0.3 is 0 Å². The van der Waals surface area contributed by atoms with Crippen molar-refractivity contribution in [2.75, 3.05) is 13.1 Å². The number of sulfonamides is 2. The van der Waals surface area contributed by atoms with E-state index in [0.717, 1.165) is 44.1 Å². The molecule has 0 radical (unpaired) electrons. The molecule has 1 aliphatic carbocycles. The van der Waals surface area contributed by atoms with Crippen molar-refractivity contribution in [1.82, 2.24) is 9.03 Å². The van der Waals surface area contributed by atoms with Crippen LogP contribution >= 0.6 is 0 Å². The van der Waals surface area contributed by atoms with Gasteiger partial charge in [0.2, 0.25) is 20.0 Å². The maximum Gasteiger partial charge on any atom is 0.243 e. The van der Waals surface area contributed by atoms with E-state index in [4.69, 9.17) is 0 Å². The molecule has 6 nitrogen and oxygen atoms in total. The largest absolute Gasteiger partial charge is 0.243 e. The van der Waals surface area contributed by atoms with Crippen LogP contribution in [0.25, 0.3) is 0 Å². The van der Waals surface area contributed by atoms with Crippen LogP contribution in [0.1, 0.15) is 56.9 Å². The SMILES string of the molecule is C[C@@H]1CCCC[C@H]1NS(=O)(=O)c1ccc(S(=O)(=O)N2CCC[C@H](c3ccccc3)C2)cc1. The highest BCUT2D eigenvalue weighted by Crippen LogP contribution is 2.31. The van der Waals surface area contributed by atoms with Crippen LogP contribution in [0.15, 0.2) is 64.4 Å². The van der Waals surface area contributed by atoms with Gasteiger partial charge in [-0.15, -0.1) is 0 Å². The Balaban J connectivity index is 1.49. The van der Waals surface area contributed by atoms with Crippen molar-refractivity contribution in [2.24, 2.45) is 5.92 Å². The third kappa shape index (κ3) is 5.09. The van der Waals surface area contributed by atoms with Crippen molar-refractivity contribution in [3.63, 3.8) is 0 Å². The maximum absolute atomic E-state index is 13.2. The second-order valence-corrected chi connectivity index (χ2v) is 12.7. The Morgan fingerprint density at radius 3 is 2.16 bits per heavy atom. The van der Waals surface area contributed by atoms with Gasteiger partial charge in [-0.2, -0.15) is 4.31 Å². The van der Waals surface area contributed by atoms with Gasteiger partial charge in [0.15, 0.2) is 0 Å². The number of hydrogen-bond donors (Lipinski definition) is 1. The Bertz CT molecular complexity index is 1120. The molecule has 0 amide bonds. The smallest absolute Gasteiger partial charge is 0.208 e. The van der Waals surface area contributed by atoms with Crippen molar-refractivity contribution < 1.29 is 16.8 Å². The molecule has 32 heavy (non-hydrogen) atoms. The molecule has 3 atom stereocenters. The molecule has 2 aromatic rings. The van der Waals surface area contributed by atoms with Crippen molar-refractivity contribution in [1.29, 1.82) is 0 Å². The zero-order valence-corrected chi connectivity index (χ0v) is 20.1. The van der Waals surface area contributed by atoms with E-state index in [1.807, 2.05) is 30.3 Å². The van der Waals surface area contributed by atoms with Crippen LogP contribution in [-0.4, -0.2) is 40.3 Å². The average Bonchev–Trinajstić information content (AvgIpc) is 2.81. The first-order valence-electron chi connectivity index (χ1n) is 11.4. The highest BCUT2D eigenvalue weighted by atomic mass is 32.2. The van der Waals surface area contributed by atoms with E-state index >= 15 is 0 Å². The monoisotopic (exact) mass is 476 g/mol. The van der Waals surface area contributed by atoms with Crippen LogP contribution in [0.2, 0.25) is 0 Å². The summed E-state index contributed by atoms with van der Waals surface area (Å²) in [5, 5.41) is 0. The maximum atomic E-state index is 13.2. The number of piperidine rings is 1. The molecule has 2 aromatic carbocycles. The summed E-state index contributed by atoms with van der Waals surface area (Å²) >= 11 is 0. The standard InChI is InChI=1S/C24H32N2O4S2/c1-19-8-5-6-12-24(19)25-31(27,28)22-13-15-23(16-14-22)32(29,30)26-17-7-11-21(18-26)20-9-3-2-4-10-20/h2-4,9-10,13-16,19,21,24-25H,5-8,11-12,17-18H2,1H3/t19-,21+,24-/m1/s1. The quantitative estimate of drug-likeness (QED) is 0.680. The summed E-state index contributed by atoms with van der Waals surface area (Å²) in [6.07, 6.45) is 5.77. The molecule has 1 heterocycles. The van der Waals surface area contributed by atoms with Crippen LogP contribution in [0.5, 0.6) is 0 Å². The highest BCUT2D eigenvalue weighted by molar-refractivity contribution is 7.89. The second-order valence-electron chi connectivity index (χ2n) is 9.07. The summed E-state index contributed by atoms with van der Waals surface area (Å²) < 4.78 is 56.5. The Kier molecular flexibility index (Phi) is 7.05. The first kappa shape index (κ1) is 23.4. The Morgan fingerprint density at radius 2 is 1.47 bits per heavy atom. The number of nitrogens with one attached hydrogen (secondary N) is 1.